The van der Waals surface area contributed by atoms with Crippen LogP contribution in [0.3, 0.4) is 0 Å². The van der Waals surface area contributed by atoms with Gasteiger partial charge in [0, 0.05) is 42.5 Å². The number of carbonyl (C=O) groups excluding carboxylic acids is 1. The van der Waals surface area contributed by atoms with Gasteiger partial charge in [-0.15, -0.1) is 0 Å². The Morgan fingerprint density at radius 1 is 1.17 bits per heavy atom. The Kier molecular flexibility index (Phi) is 6.46. The Labute approximate surface area is 205 Å². The van der Waals surface area contributed by atoms with Gasteiger partial charge in [0.05, 0.1) is 11.3 Å². The molecule has 1 amide bonds. The first-order chi connectivity index (χ1) is 17.2. The fourth-order valence-corrected chi connectivity index (χ4v) is 5.34. The van der Waals surface area contributed by atoms with Crippen LogP contribution in [0.15, 0.2) is 54.6 Å². The number of halogens is 4. The van der Waals surface area contributed by atoms with E-state index in [1.165, 1.54) is 24.3 Å². The highest BCUT2D eigenvalue weighted by molar-refractivity contribution is 5.84. The van der Waals surface area contributed by atoms with Crippen molar-refractivity contribution in [2.75, 3.05) is 25.0 Å². The van der Waals surface area contributed by atoms with Crippen molar-refractivity contribution in [2.24, 2.45) is 13.0 Å². The van der Waals surface area contributed by atoms with Crippen molar-refractivity contribution in [3.63, 3.8) is 0 Å². The summed E-state index contributed by atoms with van der Waals surface area (Å²) in [4.78, 5) is 14.5. The molecule has 6 rings (SSSR count). The van der Waals surface area contributed by atoms with Crippen molar-refractivity contribution in [2.45, 2.75) is 31.0 Å². The predicted molar refractivity (Wildman–Crippen MR) is 126 cm³/mol. The third-order valence-corrected chi connectivity index (χ3v) is 7.16. The Morgan fingerprint density at radius 2 is 1.94 bits per heavy atom. The molecule has 10 heteroatoms. The van der Waals surface area contributed by atoms with Crippen LogP contribution in [-0.2, 0) is 18.0 Å². The van der Waals surface area contributed by atoms with Crippen molar-refractivity contribution in [1.82, 2.24) is 14.7 Å². The molecule has 36 heavy (non-hydrogen) atoms. The third kappa shape index (κ3) is 5.09. The number of aromatic nitrogens is 2. The highest BCUT2D eigenvalue weighted by atomic mass is 19.4. The van der Waals surface area contributed by atoms with Gasteiger partial charge in [0.15, 0.2) is 0 Å². The first kappa shape index (κ1) is 24.3. The van der Waals surface area contributed by atoms with Gasteiger partial charge in [0.25, 0.3) is 0 Å². The normalized spacial score (nSPS) is 23.5. The van der Waals surface area contributed by atoms with Crippen molar-refractivity contribution in [3.05, 3.63) is 71.7 Å². The molecule has 0 radical (unpaired) electrons. The number of hydrogen-bond acceptors (Lipinski definition) is 4. The fraction of sp³-hybridized carbons (Fsp3) is 0.385. The number of anilines is 1. The lowest BCUT2D eigenvalue weighted by atomic mass is 9.74. The molecule has 190 valence electrons. The van der Waals surface area contributed by atoms with Crippen molar-refractivity contribution >= 4 is 11.8 Å². The Hall–Kier alpha value is -3.40. The Morgan fingerprint density at radius 3 is 2.64 bits per heavy atom. The van der Waals surface area contributed by atoms with Gasteiger partial charge in [0.2, 0.25) is 0 Å². The van der Waals surface area contributed by atoms with E-state index in [0.717, 1.165) is 55.0 Å². The molecule has 2 aromatic carbocycles. The second kappa shape index (κ2) is 9.57. The molecule has 0 spiro atoms. The third-order valence-electron chi connectivity index (χ3n) is 7.16. The maximum atomic E-state index is 13.3. The van der Waals surface area contributed by atoms with E-state index < -0.39 is 17.8 Å². The van der Waals surface area contributed by atoms with E-state index >= 15 is 0 Å². The van der Waals surface area contributed by atoms with Gasteiger partial charge < -0.3 is 4.74 Å². The molecule has 3 fully saturated rings. The standard InChI is InChI=1S/C26H26F4N4O2/c1-33-24(13-23(32-33)16-5-7-19(27)8-6-16)22-14-34-10-9-17(22)11-21(34)15-36-25(35)31-20-4-2-3-18(12-20)26(28,29)30/h2-8,12-13,17,21-22H,9-11,14-15H2,1H3,(H,31,35). The predicted octanol–water partition coefficient (Wildman–Crippen LogP) is 5.67. The molecule has 4 unspecified atom stereocenters. The minimum atomic E-state index is -4.49. The number of piperidine rings is 3. The summed E-state index contributed by atoms with van der Waals surface area (Å²) in [6, 6.07) is 12.9. The monoisotopic (exact) mass is 502 g/mol. The zero-order valence-electron chi connectivity index (χ0n) is 19.6. The van der Waals surface area contributed by atoms with Crippen LogP contribution in [0.1, 0.15) is 30.0 Å². The van der Waals surface area contributed by atoms with Gasteiger partial charge in [-0.3, -0.25) is 14.9 Å². The average molecular weight is 503 g/mol. The molecule has 2 bridgehead atoms. The molecule has 3 saturated heterocycles. The molecule has 0 aliphatic carbocycles. The second-order valence-electron chi connectivity index (χ2n) is 9.43. The summed E-state index contributed by atoms with van der Waals surface area (Å²) in [6.07, 6.45) is -3.39. The summed E-state index contributed by atoms with van der Waals surface area (Å²) >= 11 is 0. The first-order valence-electron chi connectivity index (χ1n) is 11.8. The molecule has 3 aliphatic heterocycles. The number of ether oxygens (including phenoxy) is 1. The number of nitrogens with zero attached hydrogens (tertiary/aromatic N) is 3. The van der Waals surface area contributed by atoms with Gasteiger partial charge in [-0.25, -0.2) is 9.18 Å². The van der Waals surface area contributed by atoms with Crippen LogP contribution in [-0.4, -0.2) is 46.5 Å². The molecular weight excluding hydrogens is 476 g/mol. The van der Waals surface area contributed by atoms with Crippen molar-refractivity contribution in [1.29, 1.82) is 0 Å². The number of benzene rings is 2. The van der Waals surface area contributed by atoms with Crippen molar-refractivity contribution in [3.8, 4) is 11.3 Å². The van der Waals surface area contributed by atoms with Gasteiger partial charge >= 0.3 is 12.3 Å². The van der Waals surface area contributed by atoms with Crippen LogP contribution in [0.4, 0.5) is 28.0 Å². The highest BCUT2D eigenvalue weighted by Gasteiger charge is 2.42. The number of amides is 1. The molecule has 4 heterocycles. The molecule has 3 aromatic rings. The van der Waals surface area contributed by atoms with Crippen LogP contribution >= 0.6 is 0 Å². The van der Waals surface area contributed by atoms with E-state index in [1.54, 1.807) is 12.1 Å². The second-order valence-corrected chi connectivity index (χ2v) is 9.43. The van der Waals surface area contributed by atoms with E-state index in [0.29, 0.717) is 5.92 Å². The summed E-state index contributed by atoms with van der Waals surface area (Å²) in [5, 5.41) is 7.02. The van der Waals surface area contributed by atoms with E-state index in [2.05, 4.69) is 21.4 Å². The minimum Gasteiger partial charge on any atom is -0.448 e. The lowest BCUT2D eigenvalue weighted by Crippen LogP contribution is -2.54. The topological polar surface area (TPSA) is 59.4 Å². The number of alkyl halides is 3. The number of fused-ring (bicyclic) bond motifs is 3. The molecular formula is C26H26F4N4O2. The van der Waals surface area contributed by atoms with Gasteiger partial charge in [-0.2, -0.15) is 18.3 Å². The number of hydrogen-bond donors (Lipinski definition) is 1. The number of aryl methyl sites for hydroxylation is 1. The minimum absolute atomic E-state index is 0.0357. The smallest absolute Gasteiger partial charge is 0.416 e. The summed E-state index contributed by atoms with van der Waals surface area (Å²) in [5.41, 5.74) is 1.98. The zero-order chi connectivity index (χ0) is 25.4. The first-order valence-corrected chi connectivity index (χ1v) is 11.8. The summed E-state index contributed by atoms with van der Waals surface area (Å²) in [5.74, 6) is 0.385. The zero-order valence-corrected chi connectivity index (χ0v) is 19.6. The number of rotatable bonds is 5. The lowest BCUT2D eigenvalue weighted by Gasteiger charge is -2.49. The van der Waals surface area contributed by atoms with Gasteiger partial charge in [0.1, 0.15) is 12.4 Å². The van der Waals surface area contributed by atoms with E-state index in [-0.39, 0.29) is 30.1 Å². The van der Waals surface area contributed by atoms with Crippen molar-refractivity contribution < 1.29 is 27.1 Å². The van der Waals surface area contributed by atoms with E-state index in [4.69, 9.17) is 4.74 Å². The summed E-state index contributed by atoms with van der Waals surface area (Å²) < 4.78 is 59.2. The Balaban J connectivity index is 1.19. The highest BCUT2D eigenvalue weighted by Crippen LogP contribution is 2.42. The fourth-order valence-electron chi connectivity index (χ4n) is 5.34. The summed E-state index contributed by atoms with van der Waals surface area (Å²) in [6.45, 7) is 1.86. The van der Waals surface area contributed by atoms with Gasteiger partial charge in [-0.1, -0.05) is 6.07 Å². The lowest BCUT2D eigenvalue weighted by molar-refractivity contribution is -0.137. The van der Waals surface area contributed by atoms with Crippen LogP contribution in [0.25, 0.3) is 11.3 Å². The molecule has 0 saturated carbocycles. The maximum absolute atomic E-state index is 13.3. The van der Waals surface area contributed by atoms with Crippen LogP contribution < -0.4 is 5.32 Å². The number of carbonyl (C=O) groups is 1. The SMILES string of the molecule is Cn1nc(-c2ccc(F)cc2)cc1C1CN2CCC1CC2COC(=O)Nc1cccc(C(F)(F)F)c1. The quantitative estimate of drug-likeness (QED) is 0.457. The number of nitrogens with one attached hydrogen (secondary N) is 1. The molecule has 1 aromatic heterocycles. The maximum Gasteiger partial charge on any atom is 0.416 e. The van der Waals surface area contributed by atoms with Crippen LogP contribution in [0.2, 0.25) is 0 Å². The van der Waals surface area contributed by atoms with E-state index in [1.807, 2.05) is 11.7 Å². The van der Waals surface area contributed by atoms with Crippen LogP contribution in [0.5, 0.6) is 0 Å². The summed E-state index contributed by atoms with van der Waals surface area (Å²) in [7, 11) is 1.92. The molecule has 3 aliphatic rings. The largest absolute Gasteiger partial charge is 0.448 e. The average Bonchev–Trinajstić information content (AvgIpc) is 3.24. The van der Waals surface area contributed by atoms with Gasteiger partial charge in [-0.05, 0) is 73.8 Å². The van der Waals surface area contributed by atoms with Crippen LogP contribution in [0, 0.1) is 11.7 Å². The van der Waals surface area contributed by atoms with E-state index in [9.17, 15) is 22.4 Å². The molecule has 4 atom stereocenters. The molecule has 1 N–H and O–H groups in total. The Bertz CT molecular complexity index is 1240. The molecule has 6 nitrogen and oxygen atoms in total.